The Bertz CT molecular complexity index is 1090. The summed E-state index contributed by atoms with van der Waals surface area (Å²) < 4.78 is 41.4. The summed E-state index contributed by atoms with van der Waals surface area (Å²) in [6, 6.07) is 10.0. The van der Waals surface area contributed by atoms with E-state index in [9.17, 15) is 12.8 Å². The van der Waals surface area contributed by atoms with Gasteiger partial charge in [-0.15, -0.1) is 0 Å². The van der Waals surface area contributed by atoms with Gasteiger partial charge in [0.15, 0.2) is 0 Å². The average Bonchev–Trinajstić information content (AvgIpc) is 2.94. The van der Waals surface area contributed by atoms with E-state index in [4.69, 9.17) is 0 Å². The minimum Gasteiger partial charge on any atom is -0.358 e. The number of hydrogen-bond donors (Lipinski definition) is 1. The molecule has 130 valence electrons. The van der Waals surface area contributed by atoms with Crippen molar-refractivity contribution in [3.63, 3.8) is 0 Å². The normalized spacial score (nSPS) is 15.5. The van der Waals surface area contributed by atoms with Gasteiger partial charge in [-0.25, -0.2) is 12.8 Å². The van der Waals surface area contributed by atoms with Crippen LogP contribution in [0.3, 0.4) is 0 Å². The molecule has 25 heavy (non-hydrogen) atoms. The van der Waals surface area contributed by atoms with Crippen LogP contribution < -0.4 is 0 Å². The van der Waals surface area contributed by atoms with Gasteiger partial charge in [-0.1, -0.05) is 12.1 Å². The number of fused-ring (bicyclic) bond motifs is 3. The van der Waals surface area contributed by atoms with Crippen molar-refractivity contribution in [2.75, 3.05) is 6.54 Å². The number of aromatic amines is 1. The molecular formula is C19H19FN2O2S. The molecule has 2 heterocycles. The monoisotopic (exact) mass is 358 g/mol. The van der Waals surface area contributed by atoms with Gasteiger partial charge >= 0.3 is 0 Å². The Morgan fingerprint density at radius 2 is 1.92 bits per heavy atom. The second kappa shape index (κ2) is 5.68. The molecular weight excluding hydrogens is 339 g/mol. The Balaban J connectivity index is 1.78. The van der Waals surface area contributed by atoms with Crippen molar-refractivity contribution in [2.24, 2.45) is 0 Å². The van der Waals surface area contributed by atoms with E-state index >= 15 is 0 Å². The van der Waals surface area contributed by atoms with Crippen molar-refractivity contribution in [1.29, 1.82) is 0 Å². The van der Waals surface area contributed by atoms with Crippen LogP contribution in [0.5, 0.6) is 0 Å². The first kappa shape index (κ1) is 16.3. The smallest absolute Gasteiger partial charge is 0.243 e. The molecule has 0 radical (unpaired) electrons. The maximum atomic E-state index is 13.6. The first-order valence-corrected chi connectivity index (χ1v) is 9.66. The SMILES string of the molecule is Cc1ccc(C)c(S(=O)(=O)N2CCc3[nH]c4ccc(F)cc4c3C2)c1. The van der Waals surface area contributed by atoms with Crippen LogP contribution in [0, 0.1) is 19.7 Å². The van der Waals surface area contributed by atoms with Crippen LogP contribution in [-0.4, -0.2) is 24.3 Å². The van der Waals surface area contributed by atoms with E-state index in [1.54, 1.807) is 12.1 Å². The minimum atomic E-state index is -3.59. The van der Waals surface area contributed by atoms with Crippen LogP contribution in [0.2, 0.25) is 0 Å². The number of aromatic nitrogens is 1. The number of aryl methyl sites for hydroxylation is 2. The molecule has 1 aliphatic heterocycles. The van der Waals surface area contributed by atoms with Gasteiger partial charge in [0.05, 0.1) is 4.90 Å². The summed E-state index contributed by atoms with van der Waals surface area (Å²) in [5.74, 6) is -0.316. The van der Waals surface area contributed by atoms with Gasteiger partial charge in [0, 0.05) is 36.1 Å². The molecule has 1 N–H and O–H groups in total. The zero-order valence-electron chi connectivity index (χ0n) is 14.1. The van der Waals surface area contributed by atoms with Gasteiger partial charge in [-0.3, -0.25) is 0 Å². The molecule has 0 saturated carbocycles. The summed E-state index contributed by atoms with van der Waals surface area (Å²) in [7, 11) is -3.59. The zero-order chi connectivity index (χ0) is 17.8. The standard InChI is InChI=1S/C19H19FN2O2S/c1-12-3-4-13(2)19(9-12)25(23,24)22-8-7-18-16(11-22)15-10-14(20)5-6-17(15)21-18/h3-6,9-10,21H,7-8,11H2,1-2H3. The van der Waals surface area contributed by atoms with Crippen molar-refractivity contribution in [1.82, 2.24) is 9.29 Å². The summed E-state index contributed by atoms with van der Waals surface area (Å²) >= 11 is 0. The Morgan fingerprint density at radius 3 is 2.72 bits per heavy atom. The molecule has 0 unspecified atom stereocenters. The third-order valence-corrected chi connectivity index (χ3v) is 6.85. The van der Waals surface area contributed by atoms with Gasteiger partial charge in [-0.05, 0) is 54.8 Å². The van der Waals surface area contributed by atoms with Gasteiger partial charge in [0.2, 0.25) is 10.0 Å². The number of nitrogens with one attached hydrogen (secondary N) is 1. The van der Waals surface area contributed by atoms with E-state index in [-0.39, 0.29) is 12.4 Å². The fraction of sp³-hybridized carbons (Fsp3) is 0.263. The minimum absolute atomic E-state index is 0.258. The van der Waals surface area contributed by atoms with Crippen LogP contribution in [-0.2, 0) is 23.0 Å². The summed E-state index contributed by atoms with van der Waals surface area (Å²) in [6.07, 6.45) is 0.593. The Morgan fingerprint density at radius 1 is 1.12 bits per heavy atom. The highest BCUT2D eigenvalue weighted by atomic mass is 32.2. The number of benzene rings is 2. The number of hydrogen-bond acceptors (Lipinski definition) is 2. The molecule has 4 rings (SSSR count). The lowest BCUT2D eigenvalue weighted by atomic mass is 10.1. The number of nitrogens with zero attached hydrogens (tertiary/aromatic N) is 1. The highest BCUT2D eigenvalue weighted by Crippen LogP contribution is 2.31. The lowest BCUT2D eigenvalue weighted by molar-refractivity contribution is 0.391. The molecule has 0 aliphatic carbocycles. The van der Waals surface area contributed by atoms with Crippen molar-refractivity contribution in [3.05, 3.63) is 64.6 Å². The lowest BCUT2D eigenvalue weighted by Crippen LogP contribution is -2.36. The van der Waals surface area contributed by atoms with E-state index in [1.807, 2.05) is 26.0 Å². The maximum Gasteiger partial charge on any atom is 0.243 e. The third kappa shape index (κ3) is 2.65. The first-order chi connectivity index (χ1) is 11.9. The van der Waals surface area contributed by atoms with Gasteiger partial charge in [0.1, 0.15) is 5.82 Å². The highest BCUT2D eigenvalue weighted by molar-refractivity contribution is 7.89. The molecule has 0 spiro atoms. The molecule has 1 aliphatic rings. The predicted molar refractivity (Wildman–Crippen MR) is 95.5 cm³/mol. The summed E-state index contributed by atoms with van der Waals surface area (Å²) in [4.78, 5) is 3.64. The maximum absolute atomic E-state index is 13.6. The molecule has 0 atom stereocenters. The zero-order valence-corrected chi connectivity index (χ0v) is 15.0. The predicted octanol–water partition coefficient (Wildman–Crippen LogP) is 3.67. The van der Waals surface area contributed by atoms with Gasteiger partial charge < -0.3 is 4.98 Å². The quantitative estimate of drug-likeness (QED) is 0.760. The fourth-order valence-corrected chi connectivity index (χ4v) is 5.21. The molecule has 0 amide bonds. The summed E-state index contributed by atoms with van der Waals surface area (Å²) in [6.45, 7) is 4.37. The van der Waals surface area contributed by atoms with E-state index < -0.39 is 10.0 Å². The van der Waals surface area contributed by atoms with E-state index in [0.29, 0.717) is 17.9 Å². The summed E-state index contributed by atoms with van der Waals surface area (Å²) in [5.41, 5.74) is 4.36. The molecule has 0 bridgehead atoms. The second-order valence-electron chi connectivity index (χ2n) is 6.63. The van der Waals surface area contributed by atoms with Crippen LogP contribution >= 0.6 is 0 Å². The number of rotatable bonds is 2. The second-order valence-corrected chi connectivity index (χ2v) is 8.54. The molecule has 4 nitrogen and oxygen atoms in total. The largest absolute Gasteiger partial charge is 0.358 e. The van der Waals surface area contributed by atoms with Gasteiger partial charge in [0.25, 0.3) is 0 Å². The van der Waals surface area contributed by atoms with Crippen LogP contribution in [0.15, 0.2) is 41.3 Å². The highest BCUT2D eigenvalue weighted by Gasteiger charge is 2.31. The van der Waals surface area contributed by atoms with Crippen LogP contribution in [0.25, 0.3) is 10.9 Å². The van der Waals surface area contributed by atoms with E-state index in [2.05, 4.69) is 4.98 Å². The molecule has 2 aromatic carbocycles. The first-order valence-electron chi connectivity index (χ1n) is 8.22. The van der Waals surface area contributed by atoms with Gasteiger partial charge in [-0.2, -0.15) is 4.31 Å². The molecule has 3 aromatic rings. The van der Waals surface area contributed by atoms with Crippen LogP contribution in [0.1, 0.15) is 22.4 Å². The molecule has 0 fully saturated rings. The number of sulfonamides is 1. The van der Waals surface area contributed by atoms with Crippen molar-refractivity contribution < 1.29 is 12.8 Å². The third-order valence-electron chi connectivity index (χ3n) is 4.86. The van der Waals surface area contributed by atoms with E-state index in [1.165, 1.54) is 16.4 Å². The van der Waals surface area contributed by atoms with Crippen molar-refractivity contribution >= 4 is 20.9 Å². The Hall–Kier alpha value is -2.18. The molecule has 1 aromatic heterocycles. The average molecular weight is 358 g/mol. The van der Waals surface area contributed by atoms with Crippen LogP contribution in [0.4, 0.5) is 4.39 Å². The number of H-pyrrole nitrogens is 1. The molecule has 0 saturated heterocycles. The fourth-order valence-electron chi connectivity index (χ4n) is 3.49. The topological polar surface area (TPSA) is 53.2 Å². The van der Waals surface area contributed by atoms with Crippen molar-refractivity contribution in [2.45, 2.75) is 31.7 Å². The Labute approximate surface area is 146 Å². The van der Waals surface area contributed by atoms with E-state index in [0.717, 1.165) is 33.3 Å². The summed E-state index contributed by atoms with van der Waals surface area (Å²) in [5, 5.41) is 0.760. The molecule has 6 heteroatoms. The van der Waals surface area contributed by atoms with Crippen molar-refractivity contribution in [3.8, 4) is 0 Å². The Kier molecular flexibility index (Phi) is 3.70. The number of halogens is 1. The lowest BCUT2D eigenvalue weighted by Gasteiger charge is -2.27.